The minimum Gasteiger partial charge on any atom is -0.507 e. The molecule has 1 heterocycles. The fourth-order valence-corrected chi connectivity index (χ4v) is 2.71. The molecule has 3 aromatic carbocycles. The molecule has 4 rings (SSSR count). The van der Waals surface area contributed by atoms with Crippen LogP contribution in [0.1, 0.15) is 10.4 Å². The molecule has 0 amide bonds. The summed E-state index contributed by atoms with van der Waals surface area (Å²) < 4.78 is 5.48. The third-order valence-corrected chi connectivity index (χ3v) is 3.88. The van der Waals surface area contributed by atoms with E-state index in [1.807, 2.05) is 42.5 Å². The van der Waals surface area contributed by atoms with Crippen molar-refractivity contribution in [3.8, 4) is 11.5 Å². The van der Waals surface area contributed by atoms with Crippen LogP contribution in [0.4, 0.5) is 0 Å². The second-order valence-electron chi connectivity index (χ2n) is 5.44. The third-order valence-electron chi connectivity index (χ3n) is 3.88. The Morgan fingerprint density at radius 2 is 1.58 bits per heavy atom. The van der Waals surface area contributed by atoms with E-state index < -0.39 is 5.97 Å². The maximum absolute atomic E-state index is 12.5. The zero-order valence-electron chi connectivity index (χ0n) is 12.6. The minimum atomic E-state index is -0.614. The first-order chi connectivity index (χ1) is 11.7. The lowest BCUT2D eigenvalue weighted by molar-refractivity contribution is 0.0734. The van der Waals surface area contributed by atoms with E-state index >= 15 is 0 Å². The van der Waals surface area contributed by atoms with Gasteiger partial charge in [-0.2, -0.15) is 0 Å². The molecule has 0 radical (unpaired) electrons. The minimum absolute atomic E-state index is 0.105. The van der Waals surface area contributed by atoms with E-state index in [0.29, 0.717) is 11.3 Å². The Bertz CT molecular complexity index is 1070. The number of phenols is 1. The molecule has 0 fully saturated rings. The molecule has 0 aliphatic rings. The van der Waals surface area contributed by atoms with E-state index in [9.17, 15) is 9.90 Å². The van der Waals surface area contributed by atoms with Gasteiger partial charge in [-0.1, -0.05) is 42.5 Å². The van der Waals surface area contributed by atoms with Gasteiger partial charge in [0.05, 0.1) is 0 Å². The average molecular weight is 315 g/mol. The molecular formula is C20H13NO3. The Morgan fingerprint density at radius 3 is 2.42 bits per heavy atom. The Labute approximate surface area is 138 Å². The molecule has 1 N–H and O–H groups in total. The van der Waals surface area contributed by atoms with Crippen LogP contribution < -0.4 is 4.74 Å². The summed E-state index contributed by atoms with van der Waals surface area (Å²) in [6, 6.07) is 19.8. The van der Waals surface area contributed by atoms with Crippen LogP contribution in [-0.4, -0.2) is 16.1 Å². The van der Waals surface area contributed by atoms with Crippen LogP contribution in [0.25, 0.3) is 21.7 Å². The summed E-state index contributed by atoms with van der Waals surface area (Å²) in [6.45, 7) is 0. The molecule has 0 aliphatic carbocycles. The summed E-state index contributed by atoms with van der Waals surface area (Å²) in [6.07, 6.45) is 1.65. The molecule has 116 valence electrons. The van der Waals surface area contributed by atoms with Gasteiger partial charge in [-0.15, -0.1) is 0 Å². The first kappa shape index (κ1) is 14.2. The molecule has 1 aromatic heterocycles. The summed E-state index contributed by atoms with van der Waals surface area (Å²) in [4.78, 5) is 16.8. The number of benzene rings is 3. The summed E-state index contributed by atoms with van der Waals surface area (Å²) in [5, 5.41) is 12.8. The first-order valence-corrected chi connectivity index (χ1v) is 7.50. The summed E-state index contributed by atoms with van der Waals surface area (Å²) in [7, 11) is 0. The van der Waals surface area contributed by atoms with Crippen molar-refractivity contribution in [1.82, 2.24) is 4.98 Å². The van der Waals surface area contributed by atoms with Crippen molar-refractivity contribution in [2.24, 2.45) is 0 Å². The summed E-state index contributed by atoms with van der Waals surface area (Å²) in [5.41, 5.74) is 0.732. The highest BCUT2D eigenvalue weighted by atomic mass is 16.5. The van der Waals surface area contributed by atoms with Gasteiger partial charge in [-0.25, -0.2) is 4.79 Å². The van der Waals surface area contributed by atoms with Crippen molar-refractivity contribution in [1.29, 1.82) is 0 Å². The van der Waals surface area contributed by atoms with Gasteiger partial charge in [-0.05, 0) is 35.0 Å². The van der Waals surface area contributed by atoms with Crippen molar-refractivity contribution in [2.45, 2.75) is 0 Å². The summed E-state index contributed by atoms with van der Waals surface area (Å²) >= 11 is 0. The van der Waals surface area contributed by atoms with Gasteiger partial charge in [-0.3, -0.25) is 4.98 Å². The van der Waals surface area contributed by atoms with Crippen LogP contribution in [0.2, 0.25) is 0 Å². The number of aromatic hydroxyl groups is 1. The monoisotopic (exact) mass is 315 g/mol. The highest BCUT2D eigenvalue weighted by Gasteiger charge is 2.16. The standard InChI is InChI=1S/C20H13NO3/c22-17-12-15-6-2-1-5-14(15)11-16(17)20(23)24-18-9-3-7-13-8-4-10-21-19(13)18/h1-12,22H. The predicted octanol–water partition coefficient (Wildman–Crippen LogP) is 4.31. The van der Waals surface area contributed by atoms with Gasteiger partial charge >= 0.3 is 5.97 Å². The lowest BCUT2D eigenvalue weighted by Crippen LogP contribution is -2.09. The normalized spacial score (nSPS) is 10.8. The van der Waals surface area contributed by atoms with Crippen LogP contribution >= 0.6 is 0 Å². The van der Waals surface area contributed by atoms with Crippen molar-refractivity contribution in [2.75, 3.05) is 0 Å². The zero-order chi connectivity index (χ0) is 16.5. The van der Waals surface area contributed by atoms with E-state index in [1.54, 1.807) is 30.5 Å². The van der Waals surface area contributed by atoms with Gasteiger partial charge in [0.1, 0.15) is 16.8 Å². The number of carbonyl (C=O) groups excluding carboxylic acids is 1. The quantitative estimate of drug-likeness (QED) is 0.442. The van der Waals surface area contributed by atoms with Crippen molar-refractivity contribution in [3.05, 3.63) is 78.5 Å². The van der Waals surface area contributed by atoms with E-state index in [1.165, 1.54) is 0 Å². The maximum Gasteiger partial charge on any atom is 0.347 e. The van der Waals surface area contributed by atoms with Gasteiger partial charge in [0.15, 0.2) is 5.75 Å². The zero-order valence-corrected chi connectivity index (χ0v) is 12.6. The topological polar surface area (TPSA) is 59.4 Å². The smallest absolute Gasteiger partial charge is 0.347 e. The molecule has 4 aromatic rings. The highest BCUT2D eigenvalue weighted by Crippen LogP contribution is 2.28. The van der Waals surface area contributed by atoms with Gasteiger partial charge in [0, 0.05) is 11.6 Å². The summed E-state index contributed by atoms with van der Waals surface area (Å²) in [5.74, 6) is -0.353. The number of para-hydroxylation sites is 1. The molecule has 4 heteroatoms. The van der Waals surface area contributed by atoms with Crippen LogP contribution in [0.3, 0.4) is 0 Å². The number of phenolic OH excluding ortho intramolecular Hbond substituents is 1. The largest absolute Gasteiger partial charge is 0.507 e. The Hall–Kier alpha value is -3.40. The average Bonchev–Trinajstić information content (AvgIpc) is 2.61. The van der Waals surface area contributed by atoms with E-state index in [2.05, 4.69) is 4.98 Å². The lowest BCUT2D eigenvalue weighted by atomic mass is 10.1. The van der Waals surface area contributed by atoms with E-state index in [4.69, 9.17) is 4.74 Å². The number of hydrogen-bond donors (Lipinski definition) is 1. The number of pyridine rings is 1. The third kappa shape index (κ3) is 2.44. The molecule has 0 bridgehead atoms. The lowest BCUT2D eigenvalue weighted by Gasteiger charge is -2.09. The van der Waals surface area contributed by atoms with Crippen LogP contribution in [0, 0.1) is 0 Å². The number of aromatic nitrogens is 1. The highest BCUT2D eigenvalue weighted by molar-refractivity contribution is 6.00. The number of rotatable bonds is 2. The Morgan fingerprint density at radius 1 is 0.875 bits per heavy atom. The second kappa shape index (κ2) is 5.66. The fraction of sp³-hybridized carbons (Fsp3) is 0. The number of esters is 1. The molecule has 24 heavy (non-hydrogen) atoms. The molecule has 0 atom stereocenters. The van der Waals surface area contributed by atoms with Crippen molar-refractivity contribution < 1.29 is 14.6 Å². The van der Waals surface area contributed by atoms with E-state index in [0.717, 1.165) is 16.2 Å². The van der Waals surface area contributed by atoms with Crippen LogP contribution in [0.15, 0.2) is 72.9 Å². The molecular weight excluding hydrogens is 302 g/mol. The number of fused-ring (bicyclic) bond motifs is 2. The van der Waals surface area contributed by atoms with E-state index in [-0.39, 0.29) is 11.3 Å². The van der Waals surface area contributed by atoms with Crippen LogP contribution in [-0.2, 0) is 0 Å². The molecule has 0 aliphatic heterocycles. The number of hydrogen-bond acceptors (Lipinski definition) is 4. The first-order valence-electron chi connectivity index (χ1n) is 7.50. The number of carbonyl (C=O) groups is 1. The van der Waals surface area contributed by atoms with Gasteiger partial charge in [0.2, 0.25) is 0 Å². The second-order valence-corrected chi connectivity index (χ2v) is 5.44. The molecule has 0 unspecified atom stereocenters. The molecule has 0 spiro atoms. The number of ether oxygens (including phenoxy) is 1. The van der Waals surface area contributed by atoms with Gasteiger partial charge < -0.3 is 9.84 Å². The fourth-order valence-electron chi connectivity index (χ4n) is 2.71. The molecule has 0 saturated carbocycles. The number of nitrogens with zero attached hydrogens (tertiary/aromatic N) is 1. The predicted molar refractivity (Wildman–Crippen MR) is 92.3 cm³/mol. The SMILES string of the molecule is O=C(Oc1cccc2cccnc12)c1cc2ccccc2cc1O. The van der Waals surface area contributed by atoms with Crippen molar-refractivity contribution >= 4 is 27.6 Å². The van der Waals surface area contributed by atoms with Gasteiger partial charge in [0.25, 0.3) is 0 Å². The van der Waals surface area contributed by atoms with Crippen LogP contribution in [0.5, 0.6) is 11.5 Å². The Kier molecular flexibility index (Phi) is 3.35. The maximum atomic E-state index is 12.5. The molecule has 4 nitrogen and oxygen atoms in total. The Balaban J connectivity index is 1.75. The van der Waals surface area contributed by atoms with Crippen molar-refractivity contribution in [3.63, 3.8) is 0 Å². The molecule has 0 saturated heterocycles.